The van der Waals surface area contributed by atoms with Gasteiger partial charge in [0.25, 0.3) is 0 Å². The van der Waals surface area contributed by atoms with E-state index < -0.39 is 5.82 Å². The lowest BCUT2D eigenvalue weighted by atomic mass is 10.1. The third-order valence-electron chi connectivity index (χ3n) is 1.67. The van der Waals surface area contributed by atoms with Gasteiger partial charge in [-0.05, 0) is 31.0 Å². The zero-order valence-corrected chi connectivity index (χ0v) is 7.72. The van der Waals surface area contributed by atoms with Crippen molar-refractivity contribution in [2.24, 2.45) is 0 Å². The van der Waals surface area contributed by atoms with E-state index in [1.165, 1.54) is 0 Å². The molecule has 1 rings (SSSR count). The largest absolute Gasteiger partial charge is 0.205 e. The quantitative estimate of drug-likeness (QED) is 0.550. The van der Waals surface area contributed by atoms with E-state index in [1.54, 1.807) is 19.9 Å². The minimum absolute atomic E-state index is 0.00904. The van der Waals surface area contributed by atoms with Crippen LogP contribution in [0.5, 0.6) is 0 Å². The summed E-state index contributed by atoms with van der Waals surface area (Å²) >= 11 is 11.2. The molecule has 0 amide bonds. The molecular weight excluding hydrogens is 186 g/mol. The Bertz CT molecular complexity index is 268. The Morgan fingerprint density at radius 2 is 1.82 bits per heavy atom. The third kappa shape index (κ3) is 1.49. The number of benzene rings is 1. The second kappa shape index (κ2) is 3.00. The third-order valence-corrected chi connectivity index (χ3v) is 2.43. The molecule has 0 saturated carbocycles. The van der Waals surface area contributed by atoms with Crippen molar-refractivity contribution in [3.63, 3.8) is 0 Å². The van der Waals surface area contributed by atoms with E-state index in [2.05, 4.69) is 0 Å². The molecule has 11 heavy (non-hydrogen) atoms. The average molecular weight is 193 g/mol. The summed E-state index contributed by atoms with van der Waals surface area (Å²) in [7, 11) is 0. The lowest BCUT2D eigenvalue weighted by molar-refractivity contribution is 0.617. The Balaban J connectivity index is 3.46. The predicted octanol–water partition coefficient (Wildman–Crippen LogP) is 3.75. The highest BCUT2D eigenvalue weighted by atomic mass is 35.5. The van der Waals surface area contributed by atoms with Crippen molar-refractivity contribution in [3.8, 4) is 0 Å². The molecule has 0 aliphatic carbocycles. The van der Waals surface area contributed by atoms with Gasteiger partial charge in [0.1, 0.15) is 5.82 Å². The van der Waals surface area contributed by atoms with Crippen molar-refractivity contribution in [1.82, 2.24) is 0 Å². The van der Waals surface area contributed by atoms with Gasteiger partial charge >= 0.3 is 0 Å². The average Bonchev–Trinajstić information content (AvgIpc) is 1.97. The summed E-state index contributed by atoms with van der Waals surface area (Å²) in [6.07, 6.45) is 0. The Hall–Kier alpha value is -0.270. The lowest BCUT2D eigenvalue weighted by Gasteiger charge is -2.04. The van der Waals surface area contributed by atoms with Crippen LogP contribution in [0.1, 0.15) is 11.1 Å². The number of aryl methyl sites for hydroxylation is 1. The molecule has 60 valence electrons. The van der Waals surface area contributed by atoms with Crippen molar-refractivity contribution in [2.75, 3.05) is 0 Å². The molecule has 1 aromatic carbocycles. The van der Waals surface area contributed by atoms with Crippen LogP contribution in [0.3, 0.4) is 0 Å². The van der Waals surface area contributed by atoms with Gasteiger partial charge in [0.05, 0.1) is 10.0 Å². The van der Waals surface area contributed by atoms with Crippen molar-refractivity contribution >= 4 is 23.2 Å². The van der Waals surface area contributed by atoms with E-state index in [-0.39, 0.29) is 10.0 Å². The van der Waals surface area contributed by atoms with Crippen LogP contribution in [0.4, 0.5) is 4.39 Å². The fourth-order valence-corrected chi connectivity index (χ4v) is 1.25. The predicted molar refractivity (Wildman–Crippen MR) is 45.9 cm³/mol. The van der Waals surface area contributed by atoms with Crippen LogP contribution in [0.15, 0.2) is 6.07 Å². The van der Waals surface area contributed by atoms with Gasteiger partial charge in [-0.1, -0.05) is 23.2 Å². The summed E-state index contributed by atoms with van der Waals surface area (Å²) in [4.78, 5) is 0. The molecule has 0 aliphatic rings. The molecule has 0 fully saturated rings. The minimum atomic E-state index is -0.420. The molecule has 0 unspecified atom stereocenters. The first-order chi connectivity index (χ1) is 5.04. The number of hydrogen-bond acceptors (Lipinski definition) is 0. The van der Waals surface area contributed by atoms with Gasteiger partial charge in [0, 0.05) is 0 Å². The maximum Gasteiger partial charge on any atom is 0.146 e. The van der Waals surface area contributed by atoms with E-state index in [4.69, 9.17) is 23.2 Å². The van der Waals surface area contributed by atoms with E-state index in [0.29, 0.717) is 5.56 Å². The number of rotatable bonds is 0. The van der Waals surface area contributed by atoms with Crippen LogP contribution in [0.2, 0.25) is 10.0 Å². The van der Waals surface area contributed by atoms with Crippen LogP contribution in [-0.2, 0) is 0 Å². The van der Waals surface area contributed by atoms with E-state index in [9.17, 15) is 4.39 Å². The van der Waals surface area contributed by atoms with Crippen molar-refractivity contribution in [1.29, 1.82) is 0 Å². The molecule has 0 bridgehead atoms. The molecule has 1 aromatic rings. The highest BCUT2D eigenvalue weighted by Crippen LogP contribution is 2.28. The molecule has 0 radical (unpaired) electrons. The van der Waals surface area contributed by atoms with Crippen molar-refractivity contribution in [3.05, 3.63) is 33.1 Å². The number of hydrogen-bond donors (Lipinski definition) is 0. The van der Waals surface area contributed by atoms with Crippen LogP contribution in [0.25, 0.3) is 0 Å². The fourth-order valence-electron chi connectivity index (χ4n) is 0.804. The summed E-state index contributed by atoms with van der Waals surface area (Å²) in [5.41, 5.74) is 1.37. The van der Waals surface area contributed by atoms with Crippen LogP contribution in [-0.4, -0.2) is 0 Å². The molecule has 0 saturated heterocycles. The standard InChI is InChI=1S/C8H7Cl2F/c1-4-3-6(9)7(10)8(11)5(4)2/h3H,1-2H3. The fraction of sp³-hybridized carbons (Fsp3) is 0.250. The zero-order valence-electron chi connectivity index (χ0n) is 6.21. The highest BCUT2D eigenvalue weighted by molar-refractivity contribution is 6.42. The Kier molecular flexibility index (Phi) is 2.40. The van der Waals surface area contributed by atoms with Gasteiger partial charge in [-0.25, -0.2) is 4.39 Å². The Labute approximate surface area is 74.9 Å². The van der Waals surface area contributed by atoms with Gasteiger partial charge in [-0.3, -0.25) is 0 Å². The van der Waals surface area contributed by atoms with Crippen LogP contribution in [0, 0.1) is 19.7 Å². The summed E-state index contributed by atoms with van der Waals surface area (Å²) in [5, 5.41) is 0.280. The Morgan fingerprint density at radius 1 is 1.27 bits per heavy atom. The summed E-state index contributed by atoms with van der Waals surface area (Å²) in [5.74, 6) is -0.420. The van der Waals surface area contributed by atoms with Gasteiger partial charge in [0.2, 0.25) is 0 Å². The summed E-state index contributed by atoms with van der Waals surface area (Å²) < 4.78 is 13.0. The first kappa shape index (κ1) is 8.82. The molecule has 0 aromatic heterocycles. The summed E-state index contributed by atoms with van der Waals surface area (Å²) in [6, 6.07) is 1.66. The smallest absolute Gasteiger partial charge is 0.146 e. The molecule has 0 N–H and O–H groups in total. The monoisotopic (exact) mass is 192 g/mol. The molecular formula is C8H7Cl2F. The van der Waals surface area contributed by atoms with Gasteiger partial charge < -0.3 is 0 Å². The summed E-state index contributed by atoms with van der Waals surface area (Å²) in [6.45, 7) is 3.47. The lowest BCUT2D eigenvalue weighted by Crippen LogP contribution is -1.88. The highest BCUT2D eigenvalue weighted by Gasteiger charge is 2.09. The minimum Gasteiger partial charge on any atom is -0.205 e. The second-order valence-corrected chi connectivity index (χ2v) is 3.21. The Morgan fingerprint density at radius 3 is 2.36 bits per heavy atom. The normalized spacial score (nSPS) is 10.3. The van der Waals surface area contributed by atoms with Gasteiger partial charge in [-0.2, -0.15) is 0 Å². The van der Waals surface area contributed by atoms with Crippen molar-refractivity contribution < 1.29 is 4.39 Å². The topological polar surface area (TPSA) is 0 Å². The van der Waals surface area contributed by atoms with Crippen LogP contribution < -0.4 is 0 Å². The molecule has 0 nitrogen and oxygen atoms in total. The van der Waals surface area contributed by atoms with E-state index in [1.807, 2.05) is 0 Å². The van der Waals surface area contributed by atoms with E-state index in [0.717, 1.165) is 5.56 Å². The molecule has 0 heterocycles. The first-order valence-corrected chi connectivity index (χ1v) is 3.90. The number of halogens is 3. The molecule has 0 aliphatic heterocycles. The second-order valence-electron chi connectivity index (χ2n) is 2.43. The van der Waals surface area contributed by atoms with Gasteiger partial charge in [-0.15, -0.1) is 0 Å². The van der Waals surface area contributed by atoms with E-state index >= 15 is 0 Å². The van der Waals surface area contributed by atoms with Crippen molar-refractivity contribution in [2.45, 2.75) is 13.8 Å². The maximum atomic E-state index is 13.0. The first-order valence-electron chi connectivity index (χ1n) is 3.14. The maximum absolute atomic E-state index is 13.0. The SMILES string of the molecule is Cc1cc(Cl)c(Cl)c(F)c1C. The molecule has 0 atom stereocenters. The van der Waals surface area contributed by atoms with Gasteiger partial charge in [0.15, 0.2) is 0 Å². The zero-order chi connectivity index (χ0) is 8.59. The molecule has 3 heteroatoms. The molecule has 0 spiro atoms. The van der Waals surface area contributed by atoms with Crippen LogP contribution >= 0.6 is 23.2 Å².